The van der Waals surface area contributed by atoms with E-state index in [1.165, 1.54) is 5.69 Å². The minimum atomic E-state index is -0.138. The Balaban J connectivity index is 1.54. The lowest BCUT2D eigenvalue weighted by atomic mass is 9.91. The van der Waals surface area contributed by atoms with E-state index in [4.69, 9.17) is 4.74 Å². The summed E-state index contributed by atoms with van der Waals surface area (Å²) in [6, 6.07) is 0. The van der Waals surface area contributed by atoms with Gasteiger partial charge in [0.2, 0.25) is 5.91 Å². The summed E-state index contributed by atoms with van der Waals surface area (Å²) in [6.07, 6.45) is 2.45. The molecule has 0 atom stereocenters. The summed E-state index contributed by atoms with van der Waals surface area (Å²) < 4.78 is 5.98. The fourth-order valence-electron chi connectivity index (χ4n) is 2.91. The fourth-order valence-corrected chi connectivity index (χ4v) is 3.51. The lowest BCUT2D eigenvalue weighted by Crippen LogP contribution is -2.50. The van der Waals surface area contributed by atoms with E-state index in [-0.39, 0.29) is 11.5 Å². The van der Waals surface area contributed by atoms with E-state index in [0.717, 1.165) is 37.5 Å². The normalized spacial score (nSPS) is 23.6. The Bertz CT molecular complexity index is 481. The summed E-state index contributed by atoms with van der Waals surface area (Å²) >= 11 is 1.71. The second-order valence-corrected chi connectivity index (χ2v) is 6.75. The van der Waals surface area contributed by atoms with Crippen LogP contribution in [0.2, 0.25) is 0 Å². The topological polar surface area (TPSA) is 54.5 Å². The van der Waals surface area contributed by atoms with Crippen LogP contribution in [-0.2, 0) is 16.1 Å². The van der Waals surface area contributed by atoms with Gasteiger partial charge < -0.3 is 10.1 Å². The van der Waals surface area contributed by atoms with E-state index < -0.39 is 0 Å². The highest BCUT2D eigenvalue weighted by Gasteiger charge is 2.37. The van der Waals surface area contributed by atoms with Crippen LogP contribution in [0.15, 0.2) is 5.38 Å². The number of carbonyl (C=O) groups is 1. The number of nitrogens with one attached hydrogen (secondary N) is 1. The number of thiazole rings is 1. The van der Waals surface area contributed by atoms with Crippen molar-refractivity contribution in [3.05, 3.63) is 16.1 Å². The van der Waals surface area contributed by atoms with Crippen LogP contribution in [0.5, 0.6) is 0 Å². The van der Waals surface area contributed by atoms with Crippen LogP contribution in [0.4, 0.5) is 0 Å². The van der Waals surface area contributed by atoms with Gasteiger partial charge in [-0.1, -0.05) is 0 Å². The van der Waals surface area contributed by atoms with Gasteiger partial charge in [0.15, 0.2) is 0 Å². The highest BCUT2D eigenvalue weighted by molar-refractivity contribution is 7.09. The number of hydrogen-bond acceptors (Lipinski definition) is 5. The molecule has 5 nitrogen and oxygen atoms in total. The Hall–Kier alpha value is -0.980. The minimum absolute atomic E-state index is 0.113. The van der Waals surface area contributed by atoms with Crippen LogP contribution >= 0.6 is 11.3 Å². The molecule has 0 radical (unpaired) electrons. The smallest absolute Gasteiger partial charge is 0.222 e. The molecule has 0 unspecified atom stereocenters. The first-order chi connectivity index (χ1) is 9.65. The van der Waals surface area contributed by atoms with Crippen molar-refractivity contribution in [3.63, 3.8) is 0 Å². The third-order valence-electron chi connectivity index (χ3n) is 4.16. The van der Waals surface area contributed by atoms with Crippen LogP contribution in [0, 0.1) is 6.92 Å². The van der Waals surface area contributed by atoms with Crippen molar-refractivity contribution in [1.82, 2.24) is 15.2 Å². The molecule has 0 bridgehead atoms. The van der Waals surface area contributed by atoms with E-state index >= 15 is 0 Å². The number of rotatable bonds is 2. The van der Waals surface area contributed by atoms with Gasteiger partial charge in [-0.05, 0) is 19.8 Å². The molecule has 3 heterocycles. The molecule has 20 heavy (non-hydrogen) atoms. The van der Waals surface area contributed by atoms with Crippen LogP contribution in [0.3, 0.4) is 0 Å². The summed E-state index contributed by atoms with van der Waals surface area (Å²) in [5, 5.41) is 6.25. The molecule has 2 aliphatic heterocycles. The molecular weight excluding hydrogens is 274 g/mol. The first-order valence-corrected chi connectivity index (χ1v) is 8.07. The molecule has 1 spiro atoms. The molecule has 2 fully saturated rings. The summed E-state index contributed by atoms with van der Waals surface area (Å²) in [4.78, 5) is 18.4. The SMILES string of the molecule is Cc1nc(CN2CCC3(CC2)CNC(=O)CCO3)cs1. The van der Waals surface area contributed by atoms with Gasteiger partial charge in [-0.2, -0.15) is 0 Å². The monoisotopic (exact) mass is 295 g/mol. The Morgan fingerprint density at radius 3 is 3.00 bits per heavy atom. The number of aromatic nitrogens is 1. The van der Waals surface area contributed by atoms with E-state index in [2.05, 4.69) is 20.6 Å². The van der Waals surface area contributed by atoms with E-state index in [0.29, 0.717) is 19.6 Å². The van der Waals surface area contributed by atoms with Crippen LogP contribution < -0.4 is 5.32 Å². The summed E-state index contributed by atoms with van der Waals surface area (Å²) in [6.45, 7) is 6.19. The van der Waals surface area contributed by atoms with Gasteiger partial charge in [0.25, 0.3) is 0 Å². The van der Waals surface area contributed by atoms with Gasteiger partial charge in [-0.25, -0.2) is 4.98 Å². The molecule has 1 aromatic rings. The molecule has 1 N–H and O–H groups in total. The predicted molar refractivity (Wildman–Crippen MR) is 77.7 cm³/mol. The van der Waals surface area contributed by atoms with Crippen molar-refractivity contribution in [2.45, 2.75) is 38.3 Å². The van der Waals surface area contributed by atoms with E-state index in [1.807, 2.05) is 6.92 Å². The molecule has 3 rings (SSSR count). The third-order valence-corrected chi connectivity index (χ3v) is 4.99. The molecule has 6 heteroatoms. The molecular formula is C14H21N3O2S. The quantitative estimate of drug-likeness (QED) is 0.894. The maximum absolute atomic E-state index is 11.4. The minimum Gasteiger partial charge on any atom is -0.373 e. The highest BCUT2D eigenvalue weighted by atomic mass is 32.1. The molecule has 2 aliphatic rings. The maximum Gasteiger partial charge on any atom is 0.222 e. The Kier molecular flexibility index (Phi) is 4.05. The van der Waals surface area contributed by atoms with Crippen molar-refractivity contribution in [2.24, 2.45) is 0 Å². The Morgan fingerprint density at radius 1 is 1.50 bits per heavy atom. The number of aryl methyl sites for hydroxylation is 1. The number of likely N-dealkylation sites (tertiary alicyclic amines) is 1. The Morgan fingerprint density at radius 2 is 2.30 bits per heavy atom. The summed E-state index contributed by atoms with van der Waals surface area (Å²) in [7, 11) is 0. The zero-order chi connectivity index (χ0) is 14.0. The van der Waals surface area contributed by atoms with Crippen LogP contribution in [-0.4, -0.2) is 47.6 Å². The van der Waals surface area contributed by atoms with Crippen molar-refractivity contribution in [2.75, 3.05) is 26.2 Å². The number of nitrogens with zero attached hydrogens (tertiary/aromatic N) is 2. The predicted octanol–water partition coefficient (Wildman–Crippen LogP) is 1.32. The second-order valence-electron chi connectivity index (χ2n) is 5.69. The van der Waals surface area contributed by atoms with Gasteiger partial charge in [0, 0.05) is 38.0 Å². The summed E-state index contributed by atoms with van der Waals surface area (Å²) in [5.41, 5.74) is 1.03. The van der Waals surface area contributed by atoms with Crippen molar-refractivity contribution in [1.29, 1.82) is 0 Å². The first-order valence-electron chi connectivity index (χ1n) is 7.19. The summed E-state index contributed by atoms with van der Waals surface area (Å²) in [5.74, 6) is 0.113. The zero-order valence-electron chi connectivity index (χ0n) is 11.9. The number of ether oxygens (including phenoxy) is 1. The number of carbonyl (C=O) groups excluding carboxylic acids is 1. The number of hydrogen-bond donors (Lipinski definition) is 1. The average Bonchev–Trinajstić information content (AvgIpc) is 2.75. The third kappa shape index (κ3) is 3.19. The largest absolute Gasteiger partial charge is 0.373 e. The van der Waals surface area contributed by atoms with Gasteiger partial charge in [-0.3, -0.25) is 9.69 Å². The van der Waals surface area contributed by atoms with Gasteiger partial charge in [-0.15, -0.1) is 11.3 Å². The lowest BCUT2D eigenvalue weighted by Gasteiger charge is -2.40. The Labute approximate surface area is 123 Å². The highest BCUT2D eigenvalue weighted by Crippen LogP contribution is 2.28. The molecule has 110 valence electrons. The zero-order valence-corrected chi connectivity index (χ0v) is 12.7. The first kappa shape index (κ1) is 14.0. The molecule has 0 aliphatic carbocycles. The molecule has 0 saturated carbocycles. The standard InChI is InChI=1S/C14H21N3O2S/c1-11-16-12(9-20-11)8-17-5-3-14(4-6-17)10-15-13(18)2-7-19-14/h9H,2-8,10H2,1H3,(H,15,18). The molecule has 1 aromatic heterocycles. The number of amides is 1. The lowest BCUT2D eigenvalue weighted by molar-refractivity contribution is -0.120. The van der Waals surface area contributed by atoms with Gasteiger partial charge in [0.1, 0.15) is 0 Å². The van der Waals surface area contributed by atoms with Crippen LogP contribution in [0.25, 0.3) is 0 Å². The second kappa shape index (κ2) is 5.79. The van der Waals surface area contributed by atoms with Crippen molar-refractivity contribution in [3.8, 4) is 0 Å². The molecule has 1 amide bonds. The molecule has 0 aromatic carbocycles. The van der Waals surface area contributed by atoms with Gasteiger partial charge in [0.05, 0.1) is 22.9 Å². The van der Waals surface area contributed by atoms with E-state index in [1.54, 1.807) is 11.3 Å². The maximum atomic E-state index is 11.4. The van der Waals surface area contributed by atoms with E-state index in [9.17, 15) is 4.79 Å². The molecule has 2 saturated heterocycles. The van der Waals surface area contributed by atoms with Crippen molar-refractivity contribution < 1.29 is 9.53 Å². The van der Waals surface area contributed by atoms with Gasteiger partial charge >= 0.3 is 0 Å². The average molecular weight is 295 g/mol. The van der Waals surface area contributed by atoms with Crippen LogP contribution in [0.1, 0.15) is 30.0 Å². The van der Waals surface area contributed by atoms with Crippen molar-refractivity contribution >= 4 is 17.2 Å². The number of piperidine rings is 1. The fraction of sp³-hybridized carbons (Fsp3) is 0.714.